The molecule has 1 aromatic rings. The Morgan fingerprint density at radius 2 is 2.12 bits per heavy atom. The predicted octanol–water partition coefficient (Wildman–Crippen LogP) is 3.35. The zero-order valence-corrected chi connectivity index (χ0v) is 11.5. The van der Waals surface area contributed by atoms with E-state index in [1.165, 1.54) is 30.5 Å². The van der Waals surface area contributed by atoms with Crippen LogP contribution in [0.15, 0.2) is 18.3 Å². The number of aryl methyl sites for hydroxylation is 2. The van der Waals surface area contributed by atoms with Crippen LogP contribution in [-0.2, 0) is 12.8 Å². The van der Waals surface area contributed by atoms with Crippen LogP contribution in [0.2, 0.25) is 0 Å². The molecule has 2 nitrogen and oxygen atoms in total. The molecule has 96 valence electrons. The minimum absolute atomic E-state index is 0.630. The highest BCUT2D eigenvalue weighted by Crippen LogP contribution is 2.06. The molecule has 1 heterocycles. The lowest BCUT2D eigenvalue weighted by atomic mass is 10.1. The van der Waals surface area contributed by atoms with Gasteiger partial charge in [0.1, 0.15) is 0 Å². The van der Waals surface area contributed by atoms with Crippen molar-refractivity contribution in [1.29, 1.82) is 0 Å². The topological polar surface area (TPSA) is 24.9 Å². The van der Waals surface area contributed by atoms with Crippen LogP contribution in [0.3, 0.4) is 0 Å². The van der Waals surface area contributed by atoms with Gasteiger partial charge in [0.15, 0.2) is 0 Å². The minimum Gasteiger partial charge on any atom is -0.314 e. The number of hydrogen-bond donors (Lipinski definition) is 1. The van der Waals surface area contributed by atoms with E-state index in [2.05, 4.69) is 43.2 Å². The lowest BCUT2D eigenvalue weighted by Crippen LogP contribution is -2.26. The first kappa shape index (κ1) is 14.2. The van der Waals surface area contributed by atoms with Gasteiger partial charge < -0.3 is 5.32 Å². The molecule has 0 aliphatic heterocycles. The summed E-state index contributed by atoms with van der Waals surface area (Å²) >= 11 is 0. The van der Waals surface area contributed by atoms with Gasteiger partial charge in [-0.3, -0.25) is 4.98 Å². The summed E-state index contributed by atoms with van der Waals surface area (Å²) in [6, 6.07) is 4.99. The van der Waals surface area contributed by atoms with E-state index in [1.807, 2.05) is 6.20 Å². The second kappa shape index (κ2) is 8.24. The highest BCUT2D eigenvalue weighted by molar-refractivity contribution is 5.13. The summed E-state index contributed by atoms with van der Waals surface area (Å²) in [6.45, 7) is 7.77. The smallest absolute Gasteiger partial charge is 0.0403 e. The van der Waals surface area contributed by atoms with Crippen molar-refractivity contribution in [1.82, 2.24) is 10.3 Å². The van der Waals surface area contributed by atoms with Crippen molar-refractivity contribution >= 4 is 0 Å². The molecule has 0 aliphatic rings. The molecule has 0 bridgehead atoms. The van der Waals surface area contributed by atoms with Crippen molar-refractivity contribution in [2.75, 3.05) is 6.54 Å². The number of nitrogens with zero attached hydrogens (tertiary/aromatic N) is 1. The first-order valence-corrected chi connectivity index (χ1v) is 6.93. The fourth-order valence-corrected chi connectivity index (χ4v) is 1.89. The molecule has 1 rings (SSSR count). The van der Waals surface area contributed by atoms with E-state index >= 15 is 0 Å². The van der Waals surface area contributed by atoms with Crippen LogP contribution in [0.5, 0.6) is 0 Å². The maximum atomic E-state index is 4.49. The standard InChI is InChI=1S/C15H26N2/c1-4-11-16-13(3)7-6-8-15-10-9-14(5-2)12-17-15/h9-10,12-13,16H,4-8,11H2,1-3H3. The summed E-state index contributed by atoms with van der Waals surface area (Å²) in [6.07, 6.45) is 7.85. The molecule has 0 saturated heterocycles. The molecule has 2 heteroatoms. The molecule has 17 heavy (non-hydrogen) atoms. The Morgan fingerprint density at radius 3 is 2.71 bits per heavy atom. The van der Waals surface area contributed by atoms with E-state index in [4.69, 9.17) is 0 Å². The molecule has 0 spiro atoms. The van der Waals surface area contributed by atoms with Gasteiger partial charge in [0, 0.05) is 17.9 Å². The predicted molar refractivity (Wildman–Crippen MR) is 74.3 cm³/mol. The average molecular weight is 234 g/mol. The van der Waals surface area contributed by atoms with E-state index in [0.717, 1.165) is 19.4 Å². The van der Waals surface area contributed by atoms with E-state index < -0.39 is 0 Å². The molecule has 1 N–H and O–H groups in total. The Morgan fingerprint density at radius 1 is 1.29 bits per heavy atom. The van der Waals surface area contributed by atoms with Gasteiger partial charge in [-0.25, -0.2) is 0 Å². The van der Waals surface area contributed by atoms with Crippen LogP contribution >= 0.6 is 0 Å². The van der Waals surface area contributed by atoms with Crippen LogP contribution in [0.1, 0.15) is 51.3 Å². The number of rotatable bonds is 8. The largest absolute Gasteiger partial charge is 0.314 e. The maximum absolute atomic E-state index is 4.49. The van der Waals surface area contributed by atoms with Crippen LogP contribution < -0.4 is 5.32 Å². The minimum atomic E-state index is 0.630. The summed E-state index contributed by atoms with van der Waals surface area (Å²) in [5, 5.41) is 3.52. The summed E-state index contributed by atoms with van der Waals surface area (Å²) < 4.78 is 0. The number of nitrogens with one attached hydrogen (secondary N) is 1. The van der Waals surface area contributed by atoms with Crippen molar-refractivity contribution in [3.8, 4) is 0 Å². The van der Waals surface area contributed by atoms with Gasteiger partial charge in [-0.15, -0.1) is 0 Å². The summed E-state index contributed by atoms with van der Waals surface area (Å²) in [4.78, 5) is 4.49. The molecule has 1 atom stereocenters. The number of pyridine rings is 1. The first-order chi connectivity index (χ1) is 8.26. The zero-order valence-electron chi connectivity index (χ0n) is 11.5. The SMILES string of the molecule is CCCNC(C)CCCc1ccc(CC)cn1. The van der Waals surface area contributed by atoms with Gasteiger partial charge in [0.25, 0.3) is 0 Å². The fourth-order valence-electron chi connectivity index (χ4n) is 1.89. The third-order valence-electron chi connectivity index (χ3n) is 3.11. The van der Waals surface area contributed by atoms with Crippen molar-refractivity contribution in [3.63, 3.8) is 0 Å². The molecule has 1 unspecified atom stereocenters. The quantitative estimate of drug-likeness (QED) is 0.746. The van der Waals surface area contributed by atoms with Crippen molar-refractivity contribution < 1.29 is 0 Å². The zero-order chi connectivity index (χ0) is 12.5. The highest BCUT2D eigenvalue weighted by atomic mass is 14.9. The Kier molecular flexibility index (Phi) is 6.87. The highest BCUT2D eigenvalue weighted by Gasteiger charge is 2.01. The fraction of sp³-hybridized carbons (Fsp3) is 0.667. The van der Waals surface area contributed by atoms with Gasteiger partial charge >= 0.3 is 0 Å². The maximum Gasteiger partial charge on any atom is 0.0403 e. The molecule has 0 saturated carbocycles. The first-order valence-electron chi connectivity index (χ1n) is 6.93. The second-order valence-electron chi connectivity index (χ2n) is 4.76. The number of hydrogen-bond acceptors (Lipinski definition) is 2. The molecule has 0 aliphatic carbocycles. The molecule has 0 aromatic carbocycles. The Bertz CT molecular complexity index is 292. The molecule has 0 fully saturated rings. The van der Waals surface area contributed by atoms with Gasteiger partial charge in [-0.1, -0.05) is 19.9 Å². The Balaban J connectivity index is 2.21. The third-order valence-corrected chi connectivity index (χ3v) is 3.11. The van der Waals surface area contributed by atoms with Crippen molar-refractivity contribution in [2.24, 2.45) is 0 Å². The summed E-state index contributed by atoms with van der Waals surface area (Å²) in [5.41, 5.74) is 2.55. The van der Waals surface area contributed by atoms with E-state index in [9.17, 15) is 0 Å². The van der Waals surface area contributed by atoms with Gasteiger partial charge in [0.2, 0.25) is 0 Å². The van der Waals surface area contributed by atoms with Crippen LogP contribution in [0.25, 0.3) is 0 Å². The molecule has 0 radical (unpaired) electrons. The van der Waals surface area contributed by atoms with Crippen LogP contribution in [0, 0.1) is 0 Å². The van der Waals surface area contributed by atoms with E-state index in [1.54, 1.807) is 0 Å². The molecule has 0 amide bonds. The van der Waals surface area contributed by atoms with Gasteiger partial charge in [-0.2, -0.15) is 0 Å². The monoisotopic (exact) mass is 234 g/mol. The lowest BCUT2D eigenvalue weighted by Gasteiger charge is -2.12. The van der Waals surface area contributed by atoms with E-state index in [-0.39, 0.29) is 0 Å². The molecule has 1 aromatic heterocycles. The molecular weight excluding hydrogens is 208 g/mol. The summed E-state index contributed by atoms with van der Waals surface area (Å²) in [7, 11) is 0. The number of aromatic nitrogens is 1. The van der Waals surface area contributed by atoms with Crippen molar-refractivity contribution in [2.45, 2.75) is 58.9 Å². The van der Waals surface area contributed by atoms with Gasteiger partial charge in [0.05, 0.1) is 0 Å². The summed E-state index contributed by atoms with van der Waals surface area (Å²) in [5.74, 6) is 0. The van der Waals surface area contributed by atoms with Gasteiger partial charge in [-0.05, 0) is 57.2 Å². The van der Waals surface area contributed by atoms with Crippen LogP contribution in [0.4, 0.5) is 0 Å². The van der Waals surface area contributed by atoms with Crippen molar-refractivity contribution in [3.05, 3.63) is 29.6 Å². The Hall–Kier alpha value is -0.890. The molecular formula is C15H26N2. The van der Waals surface area contributed by atoms with Crippen LogP contribution in [-0.4, -0.2) is 17.6 Å². The lowest BCUT2D eigenvalue weighted by molar-refractivity contribution is 0.497. The Labute approximate surface area is 106 Å². The van der Waals surface area contributed by atoms with E-state index in [0.29, 0.717) is 6.04 Å². The second-order valence-corrected chi connectivity index (χ2v) is 4.76. The third kappa shape index (κ3) is 5.83. The normalized spacial score (nSPS) is 12.6. The average Bonchev–Trinajstić information content (AvgIpc) is 2.37.